The number of halogens is 1. The van der Waals surface area contributed by atoms with Gasteiger partial charge in [0, 0.05) is 13.1 Å². The van der Waals surface area contributed by atoms with Crippen molar-refractivity contribution in [2.24, 2.45) is 0 Å². The molecule has 116 valence electrons. The summed E-state index contributed by atoms with van der Waals surface area (Å²) in [4.78, 5) is 2.12. The van der Waals surface area contributed by atoms with Crippen LogP contribution in [0.1, 0.15) is 24.8 Å². The van der Waals surface area contributed by atoms with Crippen molar-refractivity contribution in [3.05, 3.63) is 41.8 Å². The highest BCUT2D eigenvalue weighted by molar-refractivity contribution is 5.85. The topological polar surface area (TPSA) is 54.2 Å². The van der Waals surface area contributed by atoms with Gasteiger partial charge in [-0.15, -0.1) is 17.5 Å². The molecule has 2 rings (SSSR count). The summed E-state index contributed by atoms with van der Waals surface area (Å²) in [5.41, 5.74) is 1.37. The Kier molecular flexibility index (Phi) is 7.79. The van der Waals surface area contributed by atoms with E-state index in [2.05, 4.69) is 51.6 Å². The molecule has 0 aliphatic carbocycles. The molecular formula is C15H23ClN4O. The van der Waals surface area contributed by atoms with Crippen LogP contribution >= 0.6 is 12.4 Å². The molecule has 2 aromatic rings. The van der Waals surface area contributed by atoms with E-state index < -0.39 is 0 Å². The van der Waals surface area contributed by atoms with Gasteiger partial charge in [0.15, 0.2) is 0 Å². The van der Waals surface area contributed by atoms with Gasteiger partial charge in [-0.05, 0) is 32.4 Å². The molecule has 0 amide bonds. The summed E-state index contributed by atoms with van der Waals surface area (Å²) in [6.45, 7) is 4.50. The first kappa shape index (κ1) is 17.5. The van der Waals surface area contributed by atoms with Crippen molar-refractivity contribution in [1.29, 1.82) is 0 Å². The summed E-state index contributed by atoms with van der Waals surface area (Å²) in [5, 5.41) is 11.1. The third-order valence-corrected chi connectivity index (χ3v) is 3.17. The summed E-state index contributed by atoms with van der Waals surface area (Å²) < 4.78 is 5.62. The van der Waals surface area contributed by atoms with Gasteiger partial charge in [-0.3, -0.25) is 0 Å². The minimum absolute atomic E-state index is 0. The van der Waals surface area contributed by atoms with Crippen LogP contribution in [-0.4, -0.2) is 30.3 Å². The monoisotopic (exact) mass is 310 g/mol. The van der Waals surface area contributed by atoms with Crippen molar-refractivity contribution >= 4 is 18.4 Å². The second kappa shape index (κ2) is 9.37. The second-order valence-corrected chi connectivity index (χ2v) is 4.68. The zero-order chi connectivity index (χ0) is 14.2. The van der Waals surface area contributed by atoms with Gasteiger partial charge in [0.2, 0.25) is 5.89 Å². The quantitative estimate of drug-likeness (QED) is 0.812. The smallest absolute Gasteiger partial charge is 0.318 e. The molecule has 6 heteroatoms. The summed E-state index contributed by atoms with van der Waals surface area (Å²) in [5.74, 6) is 0.629. The lowest BCUT2D eigenvalue weighted by Crippen LogP contribution is -2.24. The van der Waals surface area contributed by atoms with Crippen LogP contribution in [-0.2, 0) is 13.0 Å². The van der Waals surface area contributed by atoms with Gasteiger partial charge in [-0.25, -0.2) is 0 Å². The number of rotatable bonds is 8. The van der Waals surface area contributed by atoms with Crippen LogP contribution in [0.3, 0.4) is 0 Å². The van der Waals surface area contributed by atoms with E-state index in [4.69, 9.17) is 4.42 Å². The van der Waals surface area contributed by atoms with Gasteiger partial charge < -0.3 is 14.6 Å². The molecule has 0 atom stereocenters. The number of hydrogen-bond acceptors (Lipinski definition) is 5. The van der Waals surface area contributed by atoms with E-state index >= 15 is 0 Å². The van der Waals surface area contributed by atoms with E-state index in [0.29, 0.717) is 18.5 Å². The van der Waals surface area contributed by atoms with Crippen LogP contribution in [0.4, 0.5) is 6.01 Å². The maximum Gasteiger partial charge on any atom is 0.318 e. The zero-order valence-electron chi connectivity index (χ0n) is 12.6. The minimum atomic E-state index is 0. The highest BCUT2D eigenvalue weighted by Crippen LogP contribution is 2.13. The van der Waals surface area contributed by atoms with Gasteiger partial charge in [0.25, 0.3) is 0 Å². The van der Waals surface area contributed by atoms with Gasteiger partial charge in [0.1, 0.15) is 0 Å². The molecule has 0 unspecified atom stereocenters. The average molecular weight is 311 g/mol. The Morgan fingerprint density at radius 2 is 1.95 bits per heavy atom. The van der Waals surface area contributed by atoms with Crippen molar-refractivity contribution in [2.45, 2.75) is 26.3 Å². The number of hydrogen-bond donors (Lipinski definition) is 1. The van der Waals surface area contributed by atoms with Crippen LogP contribution < -0.4 is 10.2 Å². The maximum absolute atomic E-state index is 5.62. The lowest BCUT2D eigenvalue weighted by molar-refractivity contribution is 0.470. The van der Waals surface area contributed by atoms with E-state index in [1.54, 1.807) is 0 Å². The first-order valence-corrected chi connectivity index (χ1v) is 7.09. The van der Waals surface area contributed by atoms with E-state index in [1.807, 2.05) is 13.1 Å². The van der Waals surface area contributed by atoms with Crippen molar-refractivity contribution in [1.82, 2.24) is 15.5 Å². The molecule has 0 saturated carbocycles. The van der Waals surface area contributed by atoms with E-state index in [0.717, 1.165) is 25.9 Å². The Morgan fingerprint density at radius 1 is 1.19 bits per heavy atom. The molecule has 0 spiro atoms. The molecule has 0 radical (unpaired) electrons. The minimum Gasteiger partial charge on any atom is -0.407 e. The Bertz CT molecular complexity index is 503. The van der Waals surface area contributed by atoms with E-state index in [-0.39, 0.29) is 12.4 Å². The van der Waals surface area contributed by atoms with Crippen LogP contribution in [0.25, 0.3) is 0 Å². The third-order valence-electron chi connectivity index (χ3n) is 3.17. The Hall–Kier alpha value is -1.59. The second-order valence-electron chi connectivity index (χ2n) is 4.68. The lowest BCUT2D eigenvalue weighted by atomic mass is 10.1. The molecule has 0 bridgehead atoms. The fourth-order valence-electron chi connectivity index (χ4n) is 2.10. The molecule has 1 aromatic carbocycles. The lowest BCUT2D eigenvalue weighted by Gasteiger charge is -2.17. The molecule has 5 nitrogen and oxygen atoms in total. The largest absolute Gasteiger partial charge is 0.407 e. The number of anilines is 1. The van der Waals surface area contributed by atoms with Crippen molar-refractivity contribution < 1.29 is 4.42 Å². The van der Waals surface area contributed by atoms with Gasteiger partial charge in [-0.2, -0.15) is 0 Å². The highest BCUT2D eigenvalue weighted by atomic mass is 35.5. The Balaban J connectivity index is 0.00000220. The van der Waals surface area contributed by atoms with Crippen molar-refractivity contribution in [2.75, 3.05) is 25.0 Å². The predicted octanol–water partition coefficient (Wildman–Crippen LogP) is 2.67. The SMILES string of the molecule is CCN(CCCc1ccccc1)c1nnc(CNC)o1.Cl. The summed E-state index contributed by atoms with van der Waals surface area (Å²) in [6, 6.07) is 11.1. The first-order valence-electron chi connectivity index (χ1n) is 7.09. The summed E-state index contributed by atoms with van der Waals surface area (Å²) in [6.07, 6.45) is 2.14. The fraction of sp³-hybridized carbons (Fsp3) is 0.467. The number of benzene rings is 1. The normalized spacial score (nSPS) is 10.2. The van der Waals surface area contributed by atoms with Gasteiger partial charge in [-0.1, -0.05) is 35.4 Å². The average Bonchev–Trinajstić information content (AvgIpc) is 2.94. The standard InChI is InChI=1S/C15H22N4O.ClH/c1-3-19(15-18-17-14(20-15)12-16-2)11-7-10-13-8-5-4-6-9-13;/h4-6,8-9,16H,3,7,10-12H2,1-2H3;1H. The molecule has 1 N–H and O–H groups in total. The van der Waals surface area contributed by atoms with Crippen LogP contribution in [0.5, 0.6) is 0 Å². The van der Waals surface area contributed by atoms with Crippen molar-refractivity contribution in [3.8, 4) is 0 Å². The molecule has 0 aliphatic rings. The molecule has 0 saturated heterocycles. The van der Waals surface area contributed by atoms with Crippen LogP contribution in [0, 0.1) is 0 Å². The molecule has 0 fully saturated rings. The number of aromatic nitrogens is 2. The first-order chi connectivity index (χ1) is 9.83. The molecule has 1 heterocycles. The van der Waals surface area contributed by atoms with Crippen LogP contribution in [0.2, 0.25) is 0 Å². The number of nitrogens with one attached hydrogen (secondary N) is 1. The molecule has 21 heavy (non-hydrogen) atoms. The Labute approximate surface area is 132 Å². The zero-order valence-corrected chi connectivity index (χ0v) is 13.4. The fourth-order valence-corrected chi connectivity index (χ4v) is 2.10. The summed E-state index contributed by atoms with van der Waals surface area (Å²) >= 11 is 0. The van der Waals surface area contributed by atoms with Gasteiger partial charge in [0.05, 0.1) is 6.54 Å². The Morgan fingerprint density at radius 3 is 2.62 bits per heavy atom. The van der Waals surface area contributed by atoms with E-state index in [1.165, 1.54) is 5.56 Å². The maximum atomic E-state index is 5.62. The van der Waals surface area contributed by atoms with E-state index in [9.17, 15) is 0 Å². The number of aryl methyl sites for hydroxylation is 1. The molecule has 0 aliphatic heterocycles. The van der Waals surface area contributed by atoms with Crippen molar-refractivity contribution in [3.63, 3.8) is 0 Å². The predicted molar refractivity (Wildman–Crippen MR) is 87.0 cm³/mol. The van der Waals surface area contributed by atoms with Gasteiger partial charge >= 0.3 is 6.01 Å². The molecular weight excluding hydrogens is 288 g/mol. The van der Waals surface area contributed by atoms with Crippen LogP contribution in [0.15, 0.2) is 34.7 Å². The molecule has 1 aromatic heterocycles. The summed E-state index contributed by atoms with van der Waals surface area (Å²) in [7, 11) is 1.86. The third kappa shape index (κ3) is 5.36. The highest BCUT2D eigenvalue weighted by Gasteiger charge is 2.12. The number of nitrogens with zero attached hydrogens (tertiary/aromatic N) is 3.